The maximum absolute atomic E-state index is 2.43. The molecule has 0 aromatic rings. The van der Waals surface area contributed by atoms with Crippen molar-refractivity contribution in [3.63, 3.8) is 0 Å². The molecular weight excluding hydrogens is 144 g/mol. The summed E-state index contributed by atoms with van der Waals surface area (Å²) in [6.45, 7) is 4.86. The van der Waals surface area contributed by atoms with Crippen molar-refractivity contribution in [2.75, 3.05) is 0 Å². The SMILES string of the molecule is CC1(C)[C@H]2C[C]3[CH][CH][CH][C]3[C@@H]1C2. The largest absolute Gasteiger partial charge is 0.0594 e. The molecule has 0 aromatic heterocycles. The van der Waals surface area contributed by atoms with Gasteiger partial charge in [0.25, 0.3) is 0 Å². The Bertz CT molecular complexity index is 204. The van der Waals surface area contributed by atoms with Gasteiger partial charge >= 0.3 is 0 Å². The van der Waals surface area contributed by atoms with Gasteiger partial charge < -0.3 is 0 Å². The summed E-state index contributed by atoms with van der Waals surface area (Å²) >= 11 is 0. The average Bonchev–Trinajstić information content (AvgIpc) is 2.49. The average molecular weight is 159 g/mol. The minimum absolute atomic E-state index is 0.599. The zero-order valence-electron chi connectivity index (χ0n) is 7.80. The van der Waals surface area contributed by atoms with Crippen molar-refractivity contribution in [1.82, 2.24) is 0 Å². The standard InChI is InChI=1S/C12H15/c1-12(2)9-6-8-4-3-5-10(8)11(12)7-9/h3-5,9,11H,6-7H2,1-2H3/t9-,11-/m0/s1. The van der Waals surface area contributed by atoms with E-state index in [9.17, 15) is 0 Å². The van der Waals surface area contributed by atoms with Gasteiger partial charge in [-0.05, 0) is 61.2 Å². The molecule has 0 spiro atoms. The van der Waals surface area contributed by atoms with Gasteiger partial charge in [-0.25, -0.2) is 0 Å². The zero-order valence-corrected chi connectivity index (χ0v) is 7.80. The van der Waals surface area contributed by atoms with Gasteiger partial charge in [0.15, 0.2) is 0 Å². The minimum Gasteiger partial charge on any atom is -0.0594 e. The van der Waals surface area contributed by atoms with E-state index in [1.165, 1.54) is 12.8 Å². The molecule has 0 N–H and O–H groups in total. The Morgan fingerprint density at radius 2 is 2.17 bits per heavy atom. The van der Waals surface area contributed by atoms with Gasteiger partial charge in [0.1, 0.15) is 0 Å². The molecule has 2 atom stereocenters. The van der Waals surface area contributed by atoms with E-state index >= 15 is 0 Å². The van der Waals surface area contributed by atoms with E-state index in [0.717, 1.165) is 11.8 Å². The maximum Gasteiger partial charge on any atom is -0.00969 e. The van der Waals surface area contributed by atoms with Crippen LogP contribution in [0.3, 0.4) is 0 Å². The van der Waals surface area contributed by atoms with Crippen LogP contribution in [-0.2, 0) is 0 Å². The summed E-state index contributed by atoms with van der Waals surface area (Å²) in [5, 5.41) is 0. The third kappa shape index (κ3) is 0.701. The van der Waals surface area contributed by atoms with E-state index in [1.54, 1.807) is 11.8 Å². The minimum atomic E-state index is 0.599. The summed E-state index contributed by atoms with van der Waals surface area (Å²) in [7, 11) is 0. The van der Waals surface area contributed by atoms with Gasteiger partial charge in [-0.3, -0.25) is 0 Å². The Hall–Kier alpha value is 0. The summed E-state index contributed by atoms with van der Waals surface area (Å²) in [5.41, 5.74) is 0.599. The van der Waals surface area contributed by atoms with Crippen molar-refractivity contribution >= 4 is 0 Å². The Morgan fingerprint density at radius 3 is 2.92 bits per heavy atom. The molecule has 4 aliphatic carbocycles. The normalized spacial score (nSPS) is 45.5. The van der Waals surface area contributed by atoms with Crippen molar-refractivity contribution in [3.05, 3.63) is 31.1 Å². The van der Waals surface area contributed by atoms with Crippen molar-refractivity contribution in [1.29, 1.82) is 0 Å². The summed E-state index contributed by atoms with van der Waals surface area (Å²) < 4.78 is 0. The molecule has 63 valence electrons. The lowest BCUT2D eigenvalue weighted by Gasteiger charge is -2.61. The Morgan fingerprint density at radius 1 is 1.33 bits per heavy atom. The molecule has 0 amide bonds. The summed E-state index contributed by atoms with van der Waals surface area (Å²) in [6, 6.07) is 0. The van der Waals surface area contributed by atoms with Crippen LogP contribution in [0, 0.1) is 48.3 Å². The fraction of sp³-hybridized carbons (Fsp3) is 0.583. The maximum atomic E-state index is 2.43. The van der Waals surface area contributed by atoms with Gasteiger partial charge in [0.2, 0.25) is 0 Å². The van der Waals surface area contributed by atoms with Crippen LogP contribution in [0.25, 0.3) is 0 Å². The molecule has 4 saturated carbocycles. The van der Waals surface area contributed by atoms with Gasteiger partial charge in [0, 0.05) is 0 Å². The van der Waals surface area contributed by atoms with Crippen molar-refractivity contribution in [3.8, 4) is 0 Å². The van der Waals surface area contributed by atoms with Gasteiger partial charge in [-0.2, -0.15) is 0 Å². The first-order valence-electron chi connectivity index (χ1n) is 4.94. The molecule has 0 aliphatic heterocycles. The highest BCUT2D eigenvalue weighted by Crippen LogP contribution is 2.67. The van der Waals surface area contributed by atoms with Gasteiger partial charge in [-0.1, -0.05) is 13.8 Å². The third-order valence-electron chi connectivity index (χ3n) is 4.26. The molecule has 0 heterocycles. The molecule has 0 saturated heterocycles. The fourth-order valence-corrected chi connectivity index (χ4v) is 3.15. The molecule has 4 rings (SSSR count). The molecule has 0 nitrogen and oxygen atoms in total. The van der Waals surface area contributed by atoms with Gasteiger partial charge in [0.05, 0.1) is 0 Å². The van der Waals surface area contributed by atoms with Crippen LogP contribution in [0.15, 0.2) is 0 Å². The molecule has 2 bridgehead atoms. The van der Waals surface area contributed by atoms with Crippen LogP contribution in [0.5, 0.6) is 0 Å². The van der Waals surface area contributed by atoms with E-state index in [-0.39, 0.29) is 0 Å². The van der Waals surface area contributed by atoms with E-state index in [2.05, 4.69) is 33.1 Å². The van der Waals surface area contributed by atoms with Crippen LogP contribution in [-0.4, -0.2) is 0 Å². The van der Waals surface area contributed by atoms with Crippen molar-refractivity contribution in [2.24, 2.45) is 17.3 Å². The lowest BCUT2D eigenvalue weighted by molar-refractivity contribution is -0.0317. The van der Waals surface area contributed by atoms with Crippen LogP contribution in [0.1, 0.15) is 26.7 Å². The van der Waals surface area contributed by atoms with E-state index in [1.807, 2.05) is 0 Å². The monoisotopic (exact) mass is 159 g/mol. The summed E-state index contributed by atoms with van der Waals surface area (Å²) in [5.74, 6) is 5.14. The first kappa shape index (κ1) is 7.41. The molecule has 0 unspecified atom stereocenters. The summed E-state index contributed by atoms with van der Waals surface area (Å²) in [4.78, 5) is 0. The van der Waals surface area contributed by atoms with Crippen LogP contribution >= 0.6 is 0 Å². The van der Waals surface area contributed by atoms with E-state index < -0.39 is 0 Å². The lowest BCUT2D eigenvalue weighted by atomic mass is 9.44. The van der Waals surface area contributed by atoms with Gasteiger partial charge in [-0.15, -0.1) is 0 Å². The first-order valence-corrected chi connectivity index (χ1v) is 4.94. The quantitative estimate of drug-likeness (QED) is 0.510. The highest BCUT2D eigenvalue weighted by Gasteiger charge is 2.58. The first-order chi connectivity index (χ1) is 5.69. The Labute approximate surface area is 75.7 Å². The molecule has 0 heteroatoms. The van der Waals surface area contributed by atoms with E-state index in [4.69, 9.17) is 0 Å². The fourth-order valence-electron chi connectivity index (χ4n) is 3.15. The zero-order chi connectivity index (χ0) is 8.34. The number of rotatable bonds is 0. The predicted octanol–water partition coefficient (Wildman–Crippen LogP) is 2.83. The smallest absolute Gasteiger partial charge is 0.00969 e. The predicted molar refractivity (Wildman–Crippen MR) is 49.4 cm³/mol. The molecule has 0 aromatic carbocycles. The van der Waals surface area contributed by atoms with Crippen molar-refractivity contribution < 1.29 is 0 Å². The number of hydrogen-bond donors (Lipinski definition) is 0. The van der Waals surface area contributed by atoms with Crippen LogP contribution in [0.2, 0.25) is 0 Å². The molecule has 4 aliphatic rings. The Kier molecular flexibility index (Phi) is 1.28. The van der Waals surface area contributed by atoms with E-state index in [0.29, 0.717) is 5.41 Å². The third-order valence-corrected chi connectivity index (χ3v) is 4.26. The second-order valence-corrected chi connectivity index (χ2v) is 5.02. The highest BCUT2D eigenvalue weighted by molar-refractivity contribution is 5.50. The second-order valence-electron chi connectivity index (χ2n) is 5.02. The van der Waals surface area contributed by atoms with Crippen molar-refractivity contribution in [2.45, 2.75) is 26.7 Å². The molecular formula is C12H15. The van der Waals surface area contributed by atoms with Crippen LogP contribution in [0.4, 0.5) is 0 Å². The topological polar surface area (TPSA) is 0 Å². The molecule has 5 radical (unpaired) electrons. The second kappa shape index (κ2) is 2.08. The highest BCUT2D eigenvalue weighted by atomic mass is 14.6. The lowest BCUT2D eigenvalue weighted by Crippen LogP contribution is -2.53. The van der Waals surface area contributed by atoms with Crippen LogP contribution < -0.4 is 0 Å². The number of hydrogen-bond acceptors (Lipinski definition) is 0. The molecule has 12 heavy (non-hydrogen) atoms. The molecule has 4 fully saturated rings. The Balaban J connectivity index is 1.88. The summed E-state index contributed by atoms with van der Waals surface area (Å²) in [6.07, 6.45) is 9.65.